The summed E-state index contributed by atoms with van der Waals surface area (Å²) in [5.41, 5.74) is 1.39. The molecular formula is C11H11N3O2. The van der Waals surface area contributed by atoms with Crippen LogP contribution < -0.4 is 4.90 Å². The van der Waals surface area contributed by atoms with Gasteiger partial charge in [0, 0.05) is 19.5 Å². The lowest BCUT2D eigenvalue weighted by atomic mass is 10.1. The number of para-hydroxylation sites is 1. The fourth-order valence-corrected chi connectivity index (χ4v) is 1.72. The van der Waals surface area contributed by atoms with Crippen LogP contribution in [0, 0.1) is 10.1 Å². The molecular weight excluding hydrogens is 206 g/mol. The molecule has 0 unspecified atom stereocenters. The minimum atomic E-state index is -0.408. The molecule has 0 spiro atoms. The highest BCUT2D eigenvalue weighted by molar-refractivity contribution is 5.95. The largest absolute Gasteiger partial charge is 0.372 e. The third-order valence-corrected chi connectivity index (χ3v) is 2.37. The number of fused-ring (bicyclic) bond motifs is 1. The van der Waals surface area contributed by atoms with Crippen LogP contribution in [0.4, 0.5) is 11.4 Å². The fourth-order valence-electron chi connectivity index (χ4n) is 1.72. The Labute approximate surface area is 92.5 Å². The van der Waals surface area contributed by atoms with E-state index in [2.05, 4.69) is 4.98 Å². The van der Waals surface area contributed by atoms with E-state index < -0.39 is 4.92 Å². The Morgan fingerprint density at radius 3 is 2.62 bits per heavy atom. The monoisotopic (exact) mass is 217 g/mol. The van der Waals surface area contributed by atoms with E-state index in [0.717, 1.165) is 10.9 Å². The lowest BCUT2D eigenvalue weighted by Crippen LogP contribution is -2.12. The van der Waals surface area contributed by atoms with Crippen LogP contribution in [-0.4, -0.2) is 24.0 Å². The summed E-state index contributed by atoms with van der Waals surface area (Å²) in [6.07, 6.45) is 1.30. The quantitative estimate of drug-likeness (QED) is 0.571. The van der Waals surface area contributed by atoms with E-state index in [-0.39, 0.29) is 5.69 Å². The molecule has 1 aromatic heterocycles. The van der Waals surface area contributed by atoms with Crippen LogP contribution in [0.5, 0.6) is 0 Å². The van der Waals surface area contributed by atoms with Crippen LogP contribution in [0.3, 0.4) is 0 Å². The van der Waals surface area contributed by atoms with Crippen molar-refractivity contribution in [2.24, 2.45) is 0 Å². The normalized spacial score (nSPS) is 10.4. The van der Waals surface area contributed by atoms with Gasteiger partial charge in [0.25, 0.3) is 0 Å². The number of hydrogen-bond acceptors (Lipinski definition) is 4. The van der Waals surface area contributed by atoms with Gasteiger partial charge in [-0.2, -0.15) is 0 Å². The zero-order valence-electron chi connectivity index (χ0n) is 9.04. The molecule has 0 saturated heterocycles. The van der Waals surface area contributed by atoms with Gasteiger partial charge < -0.3 is 4.90 Å². The van der Waals surface area contributed by atoms with Crippen LogP contribution in [0.1, 0.15) is 0 Å². The third kappa shape index (κ3) is 1.56. The number of nitrogens with zero attached hydrogens (tertiary/aromatic N) is 3. The van der Waals surface area contributed by atoms with Crippen molar-refractivity contribution in [1.29, 1.82) is 0 Å². The van der Waals surface area contributed by atoms with Crippen LogP contribution in [0.15, 0.2) is 30.5 Å². The predicted octanol–water partition coefficient (Wildman–Crippen LogP) is 2.21. The van der Waals surface area contributed by atoms with E-state index in [1.54, 1.807) is 19.0 Å². The molecule has 5 nitrogen and oxygen atoms in total. The highest BCUT2D eigenvalue weighted by Gasteiger charge is 2.18. The van der Waals surface area contributed by atoms with E-state index in [1.807, 2.05) is 24.3 Å². The molecule has 0 radical (unpaired) electrons. The average molecular weight is 217 g/mol. The van der Waals surface area contributed by atoms with Gasteiger partial charge in [0.2, 0.25) is 0 Å². The molecule has 5 heteroatoms. The summed E-state index contributed by atoms with van der Waals surface area (Å²) in [6, 6.07) is 7.39. The van der Waals surface area contributed by atoms with E-state index in [0.29, 0.717) is 5.69 Å². The zero-order chi connectivity index (χ0) is 11.7. The third-order valence-electron chi connectivity index (χ3n) is 2.37. The van der Waals surface area contributed by atoms with Crippen molar-refractivity contribution in [2.75, 3.05) is 19.0 Å². The molecule has 1 aromatic carbocycles. The topological polar surface area (TPSA) is 59.3 Å². The Hall–Kier alpha value is -2.17. The summed E-state index contributed by atoms with van der Waals surface area (Å²) in [6.45, 7) is 0. The molecule has 82 valence electrons. The van der Waals surface area contributed by atoms with Gasteiger partial charge in [0.05, 0.1) is 10.4 Å². The van der Waals surface area contributed by atoms with E-state index >= 15 is 0 Å². The van der Waals surface area contributed by atoms with E-state index in [9.17, 15) is 10.1 Å². The lowest BCUT2D eigenvalue weighted by Gasteiger charge is -2.14. The Bertz CT molecular complexity index is 552. The minimum Gasteiger partial charge on any atom is -0.372 e. The van der Waals surface area contributed by atoms with E-state index in [4.69, 9.17) is 0 Å². The number of aromatic nitrogens is 1. The summed E-state index contributed by atoms with van der Waals surface area (Å²) in [4.78, 5) is 16.3. The highest BCUT2D eigenvalue weighted by Crippen LogP contribution is 2.33. The molecule has 0 fully saturated rings. The summed E-state index contributed by atoms with van der Waals surface area (Å²) in [5.74, 6) is 0. The van der Waals surface area contributed by atoms with Crippen LogP contribution in [-0.2, 0) is 0 Å². The van der Waals surface area contributed by atoms with Crippen LogP contribution in [0.2, 0.25) is 0 Å². The molecule has 0 aliphatic heterocycles. The SMILES string of the molecule is CN(C)c1c([N+](=O)[O-])cnc2ccccc12. The number of pyridine rings is 1. The summed E-state index contributed by atoms with van der Waals surface area (Å²) >= 11 is 0. The first-order chi connectivity index (χ1) is 7.61. The van der Waals surface area contributed by atoms with Gasteiger partial charge in [0.15, 0.2) is 0 Å². The molecule has 0 saturated carbocycles. The molecule has 0 N–H and O–H groups in total. The van der Waals surface area contributed by atoms with Gasteiger partial charge in [-0.15, -0.1) is 0 Å². The highest BCUT2D eigenvalue weighted by atomic mass is 16.6. The van der Waals surface area contributed by atoms with Crippen molar-refractivity contribution in [3.05, 3.63) is 40.6 Å². The molecule has 0 aliphatic carbocycles. The van der Waals surface area contributed by atoms with Crippen molar-refractivity contribution in [2.45, 2.75) is 0 Å². The summed E-state index contributed by atoms with van der Waals surface area (Å²) < 4.78 is 0. The maximum atomic E-state index is 10.9. The van der Waals surface area contributed by atoms with E-state index in [1.165, 1.54) is 6.20 Å². The van der Waals surface area contributed by atoms with Gasteiger partial charge in [-0.05, 0) is 6.07 Å². The molecule has 0 bridgehead atoms. The molecule has 0 amide bonds. The maximum absolute atomic E-state index is 10.9. The van der Waals surface area contributed by atoms with Gasteiger partial charge >= 0.3 is 5.69 Å². The Kier molecular flexibility index (Phi) is 2.44. The zero-order valence-corrected chi connectivity index (χ0v) is 9.04. The summed E-state index contributed by atoms with van der Waals surface area (Å²) in [7, 11) is 3.57. The first kappa shape index (κ1) is 10.4. The van der Waals surface area contributed by atoms with Crippen molar-refractivity contribution in [3.8, 4) is 0 Å². The molecule has 0 aliphatic rings. The second-order valence-corrected chi connectivity index (χ2v) is 3.66. The number of benzene rings is 1. The van der Waals surface area contributed by atoms with Gasteiger partial charge in [-0.3, -0.25) is 10.1 Å². The van der Waals surface area contributed by atoms with Gasteiger partial charge in [0.1, 0.15) is 11.9 Å². The average Bonchev–Trinajstić information content (AvgIpc) is 2.27. The number of anilines is 1. The predicted molar refractivity (Wildman–Crippen MR) is 62.7 cm³/mol. The smallest absolute Gasteiger partial charge is 0.311 e. The lowest BCUT2D eigenvalue weighted by molar-refractivity contribution is -0.384. The first-order valence-corrected chi connectivity index (χ1v) is 4.80. The Morgan fingerprint density at radius 2 is 2.00 bits per heavy atom. The molecule has 0 atom stereocenters. The second kappa shape index (κ2) is 3.77. The molecule has 16 heavy (non-hydrogen) atoms. The molecule has 1 heterocycles. The minimum absolute atomic E-state index is 0.0312. The van der Waals surface area contributed by atoms with Crippen molar-refractivity contribution in [1.82, 2.24) is 4.98 Å². The maximum Gasteiger partial charge on any atom is 0.311 e. The Morgan fingerprint density at radius 1 is 1.31 bits per heavy atom. The molecule has 2 aromatic rings. The van der Waals surface area contributed by atoms with Crippen molar-refractivity contribution >= 4 is 22.3 Å². The first-order valence-electron chi connectivity index (χ1n) is 4.80. The summed E-state index contributed by atoms with van der Waals surface area (Å²) in [5, 5.41) is 11.7. The Balaban J connectivity index is 2.84. The van der Waals surface area contributed by atoms with Crippen molar-refractivity contribution < 1.29 is 4.92 Å². The van der Waals surface area contributed by atoms with Gasteiger partial charge in [-0.25, -0.2) is 4.98 Å². The van der Waals surface area contributed by atoms with Gasteiger partial charge in [-0.1, -0.05) is 18.2 Å². The van der Waals surface area contributed by atoms with Crippen molar-refractivity contribution in [3.63, 3.8) is 0 Å². The number of hydrogen-bond donors (Lipinski definition) is 0. The standard InChI is InChI=1S/C11H11N3O2/c1-13(2)11-8-5-3-4-6-9(8)12-7-10(11)14(15)16/h3-7H,1-2H3. The number of rotatable bonds is 2. The second-order valence-electron chi connectivity index (χ2n) is 3.66. The molecule has 2 rings (SSSR count). The van der Waals surface area contributed by atoms with Crippen LogP contribution >= 0.6 is 0 Å². The number of nitro groups is 1. The van der Waals surface area contributed by atoms with Crippen LogP contribution in [0.25, 0.3) is 10.9 Å². The fraction of sp³-hybridized carbons (Fsp3) is 0.182.